The van der Waals surface area contributed by atoms with E-state index in [4.69, 9.17) is 0 Å². The van der Waals surface area contributed by atoms with E-state index >= 15 is 0 Å². The largest absolute Gasteiger partial charge is 0.307 e. The topological polar surface area (TPSA) is 57.4 Å². The van der Waals surface area contributed by atoms with Crippen molar-refractivity contribution in [1.82, 2.24) is 9.13 Å². The maximum absolute atomic E-state index is 9.94. The third-order valence-electron chi connectivity index (χ3n) is 9.36. The molecule has 0 fully saturated rings. The quantitative estimate of drug-likeness (QED) is 0.199. The van der Waals surface area contributed by atoms with Gasteiger partial charge in [0.2, 0.25) is 0 Å². The van der Waals surface area contributed by atoms with Gasteiger partial charge in [0, 0.05) is 32.7 Å². The summed E-state index contributed by atoms with van der Waals surface area (Å²) >= 11 is 0. The average molecular weight is 611 g/mol. The lowest BCUT2D eigenvalue weighted by Gasteiger charge is -2.24. The van der Waals surface area contributed by atoms with E-state index in [2.05, 4.69) is 143 Å². The Morgan fingerprint density at radius 3 is 1.02 bits per heavy atom. The van der Waals surface area contributed by atoms with Crippen molar-refractivity contribution in [1.29, 1.82) is 10.5 Å². The van der Waals surface area contributed by atoms with E-state index < -0.39 is 0 Å². The summed E-state index contributed by atoms with van der Waals surface area (Å²) in [6, 6.07) is 58.9. The van der Waals surface area contributed by atoms with E-state index in [-0.39, 0.29) is 0 Å². The fourth-order valence-electron chi connectivity index (χ4n) is 7.34. The molecular weight excluding hydrogens is 585 g/mol. The molecule has 9 aromatic rings. The van der Waals surface area contributed by atoms with Gasteiger partial charge in [0.15, 0.2) is 0 Å². The van der Waals surface area contributed by atoms with Gasteiger partial charge in [-0.15, -0.1) is 0 Å². The monoisotopic (exact) mass is 610 g/mol. The lowest BCUT2D eigenvalue weighted by Crippen LogP contribution is -2.08. The van der Waals surface area contributed by atoms with E-state index in [0.29, 0.717) is 11.1 Å². The summed E-state index contributed by atoms with van der Waals surface area (Å²) in [7, 11) is 0. The van der Waals surface area contributed by atoms with Gasteiger partial charge in [-0.05, 0) is 59.7 Å². The zero-order valence-corrected chi connectivity index (χ0v) is 25.8. The van der Waals surface area contributed by atoms with Crippen LogP contribution in [0.25, 0.3) is 77.2 Å². The molecule has 0 aliphatic rings. The first-order valence-electron chi connectivity index (χ1n) is 15.9. The zero-order valence-electron chi connectivity index (χ0n) is 25.8. The van der Waals surface area contributed by atoms with E-state index in [1.165, 1.54) is 0 Å². The average Bonchev–Trinajstić information content (AvgIpc) is 3.67. The Kier molecular flexibility index (Phi) is 6.22. The lowest BCUT2D eigenvalue weighted by molar-refractivity contribution is 1.10. The fourth-order valence-corrected chi connectivity index (χ4v) is 7.34. The number of fused-ring (bicyclic) bond motifs is 6. The summed E-state index contributed by atoms with van der Waals surface area (Å²) in [5.74, 6) is 0. The molecule has 4 nitrogen and oxygen atoms in total. The molecule has 0 N–H and O–H groups in total. The molecule has 0 amide bonds. The Balaban J connectivity index is 1.57. The first-order chi connectivity index (χ1) is 23.7. The SMILES string of the molecule is N#Cc1cccc(-c2ccc(-c3cccc(C#N)c3)c(-n3c4ccccc4c4ccccc43)c2-n2c3ccccc3c3ccccc32)c1. The second kappa shape index (κ2) is 10.9. The number of nitrogens with zero attached hydrogens (tertiary/aromatic N) is 4. The third-order valence-corrected chi connectivity index (χ3v) is 9.36. The summed E-state index contributed by atoms with van der Waals surface area (Å²) in [5.41, 5.74) is 11.4. The molecule has 4 heteroatoms. The van der Waals surface area contributed by atoms with Gasteiger partial charge in [-0.2, -0.15) is 10.5 Å². The second-order valence-corrected chi connectivity index (χ2v) is 12.0. The number of nitriles is 2. The minimum absolute atomic E-state index is 0.602. The number of benzene rings is 7. The molecule has 0 radical (unpaired) electrons. The Morgan fingerprint density at radius 2 is 0.688 bits per heavy atom. The summed E-state index contributed by atoms with van der Waals surface area (Å²) in [6.45, 7) is 0. The Labute approximate surface area is 277 Å². The number of rotatable bonds is 4. The first-order valence-corrected chi connectivity index (χ1v) is 15.9. The van der Waals surface area contributed by atoms with Gasteiger partial charge in [-0.3, -0.25) is 0 Å². The van der Waals surface area contributed by atoms with E-state index in [0.717, 1.165) is 77.2 Å². The molecule has 0 saturated carbocycles. The second-order valence-electron chi connectivity index (χ2n) is 12.0. The molecule has 2 aromatic heterocycles. The van der Waals surface area contributed by atoms with Gasteiger partial charge in [-0.1, -0.05) is 109 Å². The highest BCUT2D eigenvalue weighted by molar-refractivity contribution is 6.13. The van der Waals surface area contributed by atoms with Crippen molar-refractivity contribution >= 4 is 43.6 Å². The van der Waals surface area contributed by atoms with Crippen molar-refractivity contribution in [2.75, 3.05) is 0 Å². The minimum atomic E-state index is 0.602. The third kappa shape index (κ3) is 4.07. The Morgan fingerprint density at radius 1 is 0.354 bits per heavy atom. The van der Waals surface area contributed by atoms with Crippen molar-refractivity contribution in [3.05, 3.63) is 169 Å². The van der Waals surface area contributed by atoms with Gasteiger partial charge in [0.25, 0.3) is 0 Å². The molecule has 0 spiro atoms. The molecule has 48 heavy (non-hydrogen) atoms. The van der Waals surface area contributed by atoms with Crippen LogP contribution in [0.3, 0.4) is 0 Å². The molecule has 0 bridgehead atoms. The highest BCUT2D eigenvalue weighted by atomic mass is 15.1. The molecule has 0 aliphatic heterocycles. The van der Waals surface area contributed by atoms with Gasteiger partial charge in [0.1, 0.15) is 0 Å². The van der Waals surface area contributed by atoms with Gasteiger partial charge in [-0.25, -0.2) is 0 Å². The molecule has 0 atom stereocenters. The summed E-state index contributed by atoms with van der Waals surface area (Å²) < 4.78 is 4.77. The van der Waals surface area contributed by atoms with E-state index in [1.54, 1.807) is 0 Å². The Hall–Kier alpha value is -6.88. The molecule has 0 aliphatic carbocycles. The molecule has 7 aromatic carbocycles. The standard InChI is InChI=1S/C44H26N4/c45-27-29-11-9-13-31(25-29)33-23-24-34(32-14-10-12-30(26-32)28-46)44(48-41-21-7-3-17-37(41)38-18-4-8-22-42(38)48)43(33)47-39-19-5-1-15-35(39)36-16-2-6-20-40(36)47/h1-26H. The van der Waals surface area contributed by atoms with Crippen LogP contribution in [0, 0.1) is 22.7 Å². The molecule has 0 saturated heterocycles. The Bertz CT molecular complexity index is 2520. The van der Waals surface area contributed by atoms with Crippen molar-refractivity contribution in [3.63, 3.8) is 0 Å². The molecular formula is C44H26N4. The molecule has 2 heterocycles. The van der Waals surface area contributed by atoms with Crippen molar-refractivity contribution in [2.45, 2.75) is 0 Å². The van der Waals surface area contributed by atoms with Crippen LogP contribution in [0.4, 0.5) is 0 Å². The van der Waals surface area contributed by atoms with Crippen LogP contribution in [-0.4, -0.2) is 9.13 Å². The van der Waals surface area contributed by atoms with Crippen LogP contribution in [0.15, 0.2) is 158 Å². The minimum Gasteiger partial charge on any atom is -0.307 e. The fraction of sp³-hybridized carbons (Fsp3) is 0. The van der Waals surface area contributed by atoms with Crippen molar-refractivity contribution < 1.29 is 0 Å². The summed E-state index contributed by atoms with van der Waals surface area (Å²) in [4.78, 5) is 0. The van der Waals surface area contributed by atoms with Gasteiger partial charge >= 0.3 is 0 Å². The number of para-hydroxylation sites is 4. The van der Waals surface area contributed by atoms with Crippen molar-refractivity contribution in [3.8, 4) is 45.8 Å². The van der Waals surface area contributed by atoms with E-state index in [9.17, 15) is 10.5 Å². The predicted molar refractivity (Wildman–Crippen MR) is 195 cm³/mol. The molecule has 9 rings (SSSR count). The number of hydrogen-bond donors (Lipinski definition) is 0. The normalized spacial score (nSPS) is 11.3. The highest BCUT2D eigenvalue weighted by Gasteiger charge is 2.25. The summed E-state index contributed by atoms with van der Waals surface area (Å²) in [5, 5.41) is 24.5. The maximum atomic E-state index is 9.94. The van der Waals surface area contributed by atoms with Crippen LogP contribution in [0.5, 0.6) is 0 Å². The lowest BCUT2D eigenvalue weighted by atomic mass is 9.93. The van der Waals surface area contributed by atoms with Gasteiger partial charge in [0.05, 0.1) is 56.7 Å². The maximum Gasteiger partial charge on any atom is 0.0991 e. The number of aromatic nitrogens is 2. The van der Waals surface area contributed by atoms with E-state index in [1.807, 2.05) is 36.4 Å². The highest BCUT2D eigenvalue weighted by Crippen LogP contribution is 2.46. The van der Waals surface area contributed by atoms with Crippen molar-refractivity contribution in [2.24, 2.45) is 0 Å². The van der Waals surface area contributed by atoms with Crippen LogP contribution in [-0.2, 0) is 0 Å². The first kappa shape index (κ1) is 27.4. The smallest absolute Gasteiger partial charge is 0.0991 e. The van der Waals surface area contributed by atoms with Crippen LogP contribution in [0.1, 0.15) is 11.1 Å². The predicted octanol–water partition coefficient (Wildman–Crippen LogP) is 11.0. The molecule has 0 unspecified atom stereocenters. The number of hydrogen-bond acceptors (Lipinski definition) is 2. The van der Waals surface area contributed by atoms with Gasteiger partial charge < -0.3 is 9.13 Å². The zero-order chi connectivity index (χ0) is 32.2. The summed E-state index contributed by atoms with van der Waals surface area (Å²) in [6.07, 6.45) is 0. The van der Waals surface area contributed by atoms with Crippen LogP contribution >= 0.6 is 0 Å². The van der Waals surface area contributed by atoms with Crippen LogP contribution < -0.4 is 0 Å². The molecule has 222 valence electrons. The van der Waals surface area contributed by atoms with Crippen LogP contribution in [0.2, 0.25) is 0 Å².